The lowest BCUT2D eigenvalue weighted by Crippen LogP contribution is -2.43. The fraction of sp³-hybridized carbons (Fsp3) is 0.500. The summed E-state index contributed by atoms with van der Waals surface area (Å²) in [6.45, 7) is 9.34. The van der Waals surface area contributed by atoms with Crippen LogP contribution in [0.15, 0.2) is 35.9 Å². The molecule has 0 radical (unpaired) electrons. The van der Waals surface area contributed by atoms with Crippen molar-refractivity contribution in [3.63, 3.8) is 0 Å². The van der Waals surface area contributed by atoms with E-state index in [1.807, 2.05) is 43.9 Å². The first-order valence-electron chi connectivity index (χ1n) is 7.58. The Hall–Kier alpha value is -1.77. The summed E-state index contributed by atoms with van der Waals surface area (Å²) in [5, 5.41) is 0. The molecule has 1 aromatic carbocycles. The summed E-state index contributed by atoms with van der Waals surface area (Å²) < 4.78 is 5.45. The summed E-state index contributed by atoms with van der Waals surface area (Å²) in [6, 6.07) is 10.3. The zero-order valence-corrected chi connectivity index (χ0v) is 13.4. The monoisotopic (exact) mass is 287 g/mol. The van der Waals surface area contributed by atoms with Crippen molar-refractivity contribution >= 4 is 12.2 Å². The summed E-state index contributed by atoms with van der Waals surface area (Å²) in [5.74, 6) is 0.367. The fourth-order valence-electron chi connectivity index (χ4n) is 2.52. The second-order valence-electron chi connectivity index (χ2n) is 6.71. The molecule has 1 fully saturated rings. The first-order valence-corrected chi connectivity index (χ1v) is 7.58. The Labute approximate surface area is 127 Å². The minimum atomic E-state index is -0.430. The molecular formula is C18H25NO2. The average Bonchev–Trinajstić information content (AvgIpc) is 2.40. The summed E-state index contributed by atoms with van der Waals surface area (Å²) in [6.07, 6.45) is 2.96. The highest BCUT2D eigenvalue weighted by atomic mass is 16.6. The number of likely N-dealkylation sites (tertiary alicyclic amines) is 1. The van der Waals surface area contributed by atoms with E-state index in [9.17, 15) is 4.79 Å². The van der Waals surface area contributed by atoms with Crippen LogP contribution in [-0.2, 0) is 4.74 Å². The molecule has 0 saturated carbocycles. The molecule has 0 bridgehead atoms. The highest BCUT2D eigenvalue weighted by molar-refractivity contribution is 5.68. The minimum absolute atomic E-state index is 0.201. The molecule has 1 aromatic rings. The molecular weight excluding hydrogens is 262 g/mol. The van der Waals surface area contributed by atoms with Gasteiger partial charge in [-0.1, -0.05) is 48.9 Å². The van der Waals surface area contributed by atoms with Crippen molar-refractivity contribution in [3.8, 4) is 0 Å². The number of piperidine rings is 1. The van der Waals surface area contributed by atoms with Crippen molar-refractivity contribution in [1.29, 1.82) is 0 Å². The van der Waals surface area contributed by atoms with Crippen molar-refractivity contribution in [3.05, 3.63) is 41.5 Å². The lowest BCUT2D eigenvalue weighted by Gasteiger charge is -2.34. The van der Waals surface area contributed by atoms with E-state index in [1.165, 1.54) is 11.1 Å². The maximum atomic E-state index is 12.1. The van der Waals surface area contributed by atoms with Gasteiger partial charge in [-0.2, -0.15) is 0 Å². The summed E-state index contributed by atoms with van der Waals surface area (Å²) in [4.78, 5) is 13.9. The van der Waals surface area contributed by atoms with Gasteiger partial charge in [0.2, 0.25) is 0 Å². The summed E-state index contributed by atoms with van der Waals surface area (Å²) >= 11 is 0. The Balaban J connectivity index is 1.99. The number of carbonyl (C=O) groups is 1. The maximum absolute atomic E-state index is 12.1. The lowest BCUT2D eigenvalue weighted by atomic mass is 9.92. The van der Waals surface area contributed by atoms with Crippen LogP contribution in [0.5, 0.6) is 0 Å². The predicted octanol–water partition coefficient (Wildman–Crippen LogP) is 4.35. The number of hydrogen-bond acceptors (Lipinski definition) is 2. The van der Waals surface area contributed by atoms with Gasteiger partial charge in [0.15, 0.2) is 0 Å². The first-order chi connectivity index (χ1) is 9.85. The molecule has 1 atom stereocenters. The van der Waals surface area contributed by atoms with Crippen LogP contribution in [0.3, 0.4) is 0 Å². The summed E-state index contributed by atoms with van der Waals surface area (Å²) in [7, 11) is 0. The van der Waals surface area contributed by atoms with Crippen molar-refractivity contribution < 1.29 is 9.53 Å². The fourth-order valence-corrected chi connectivity index (χ4v) is 2.52. The van der Waals surface area contributed by atoms with Crippen molar-refractivity contribution in [2.45, 2.75) is 39.7 Å². The standard InChI is InChI=1S/C18H25NO2/c1-14-13-19(17(20)21-18(2,3)4)11-10-16(14)12-15-8-6-5-7-9-15/h5-9,12,14H,10-11,13H2,1-4H3/b16-12-. The van der Waals surface area contributed by atoms with Gasteiger partial charge in [-0.05, 0) is 38.7 Å². The highest BCUT2D eigenvalue weighted by Crippen LogP contribution is 2.26. The molecule has 2 rings (SSSR count). The number of amides is 1. The Morgan fingerprint density at radius 1 is 1.29 bits per heavy atom. The molecule has 1 aliphatic rings. The molecule has 0 spiro atoms. The molecule has 1 saturated heterocycles. The van der Waals surface area contributed by atoms with E-state index in [4.69, 9.17) is 4.74 Å². The Morgan fingerprint density at radius 2 is 1.95 bits per heavy atom. The second-order valence-corrected chi connectivity index (χ2v) is 6.71. The van der Waals surface area contributed by atoms with E-state index in [0.29, 0.717) is 5.92 Å². The third-order valence-corrected chi connectivity index (χ3v) is 3.60. The van der Waals surface area contributed by atoms with Gasteiger partial charge in [-0.25, -0.2) is 4.79 Å². The zero-order valence-electron chi connectivity index (χ0n) is 13.4. The van der Waals surface area contributed by atoms with Crippen LogP contribution in [-0.4, -0.2) is 29.7 Å². The number of nitrogens with zero attached hydrogens (tertiary/aromatic N) is 1. The maximum Gasteiger partial charge on any atom is 0.410 e. The average molecular weight is 287 g/mol. The van der Waals surface area contributed by atoms with Gasteiger partial charge in [0, 0.05) is 13.1 Å². The van der Waals surface area contributed by atoms with Crippen LogP contribution in [0.25, 0.3) is 6.08 Å². The topological polar surface area (TPSA) is 29.5 Å². The number of carbonyl (C=O) groups excluding carboxylic acids is 1. The Morgan fingerprint density at radius 3 is 2.52 bits per heavy atom. The lowest BCUT2D eigenvalue weighted by molar-refractivity contribution is 0.0209. The van der Waals surface area contributed by atoms with Gasteiger partial charge in [0.25, 0.3) is 0 Å². The molecule has 1 aliphatic heterocycles. The number of rotatable bonds is 1. The molecule has 1 amide bonds. The third kappa shape index (κ3) is 4.62. The van der Waals surface area contributed by atoms with E-state index >= 15 is 0 Å². The highest BCUT2D eigenvalue weighted by Gasteiger charge is 2.27. The quantitative estimate of drug-likeness (QED) is 0.768. The number of hydrogen-bond donors (Lipinski definition) is 0. The summed E-state index contributed by atoms with van der Waals surface area (Å²) in [5.41, 5.74) is 2.20. The van der Waals surface area contributed by atoms with Crippen LogP contribution in [0, 0.1) is 5.92 Å². The van der Waals surface area contributed by atoms with Crippen LogP contribution in [0.2, 0.25) is 0 Å². The van der Waals surface area contributed by atoms with Crippen molar-refractivity contribution in [1.82, 2.24) is 4.90 Å². The van der Waals surface area contributed by atoms with Crippen LogP contribution in [0.4, 0.5) is 4.79 Å². The SMILES string of the molecule is CC1CN(C(=O)OC(C)(C)C)CC/C1=C/c1ccccc1. The van der Waals surface area contributed by atoms with Crippen molar-refractivity contribution in [2.24, 2.45) is 5.92 Å². The van der Waals surface area contributed by atoms with Gasteiger partial charge in [-0.3, -0.25) is 0 Å². The second kappa shape index (κ2) is 6.33. The zero-order chi connectivity index (χ0) is 15.5. The van der Waals surface area contributed by atoms with Gasteiger partial charge in [0.1, 0.15) is 5.60 Å². The number of benzene rings is 1. The van der Waals surface area contributed by atoms with Gasteiger partial charge in [0.05, 0.1) is 0 Å². The van der Waals surface area contributed by atoms with E-state index in [0.717, 1.165) is 19.5 Å². The molecule has 0 aromatic heterocycles. The van der Waals surface area contributed by atoms with Crippen LogP contribution in [0.1, 0.15) is 39.7 Å². The normalized spacial score (nSPS) is 21.4. The number of ether oxygens (including phenoxy) is 1. The van der Waals surface area contributed by atoms with E-state index in [-0.39, 0.29) is 6.09 Å². The molecule has 3 heteroatoms. The van der Waals surface area contributed by atoms with E-state index in [1.54, 1.807) is 0 Å². The molecule has 21 heavy (non-hydrogen) atoms. The predicted molar refractivity (Wildman–Crippen MR) is 86.0 cm³/mol. The molecule has 3 nitrogen and oxygen atoms in total. The van der Waals surface area contributed by atoms with Crippen LogP contribution >= 0.6 is 0 Å². The first kappa shape index (κ1) is 15.6. The largest absolute Gasteiger partial charge is 0.444 e. The van der Waals surface area contributed by atoms with Crippen molar-refractivity contribution in [2.75, 3.05) is 13.1 Å². The molecule has 0 aliphatic carbocycles. The minimum Gasteiger partial charge on any atom is -0.444 e. The Kier molecular flexibility index (Phi) is 4.71. The van der Waals surface area contributed by atoms with Gasteiger partial charge >= 0.3 is 6.09 Å². The molecule has 1 heterocycles. The van der Waals surface area contributed by atoms with Gasteiger partial charge in [-0.15, -0.1) is 0 Å². The third-order valence-electron chi connectivity index (χ3n) is 3.60. The Bertz CT molecular complexity index is 514. The smallest absolute Gasteiger partial charge is 0.410 e. The van der Waals surface area contributed by atoms with Crippen LogP contribution < -0.4 is 0 Å². The van der Waals surface area contributed by atoms with Gasteiger partial charge < -0.3 is 9.64 Å². The molecule has 1 unspecified atom stereocenters. The van der Waals surface area contributed by atoms with E-state index < -0.39 is 5.60 Å². The van der Waals surface area contributed by atoms with E-state index in [2.05, 4.69) is 25.1 Å². The molecule has 0 N–H and O–H groups in total. The molecule has 114 valence electrons.